The third-order valence-electron chi connectivity index (χ3n) is 2.75. The van der Waals surface area contributed by atoms with Crippen molar-refractivity contribution in [3.63, 3.8) is 0 Å². The van der Waals surface area contributed by atoms with Gasteiger partial charge in [0.15, 0.2) is 0 Å². The molecule has 0 aliphatic carbocycles. The molecule has 1 aliphatic heterocycles. The Morgan fingerprint density at radius 1 is 1.56 bits per heavy atom. The maximum absolute atomic E-state index is 11.7. The molecule has 16 heavy (non-hydrogen) atoms. The van der Waals surface area contributed by atoms with E-state index in [1.165, 1.54) is 0 Å². The lowest BCUT2D eigenvalue weighted by molar-refractivity contribution is -0.125. The van der Waals surface area contributed by atoms with E-state index in [1.54, 1.807) is 0 Å². The van der Waals surface area contributed by atoms with Crippen molar-refractivity contribution in [2.24, 2.45) is 11.8 Å². The molecule has 1 rings (SSSR count). The summed E-state index contributed by atoms with van der Waals surface area (Å²) in [7, 11) is 0. The van der Waals surface area contributed by atoms with Gasteiger partial charge in [-0.2, -0.15) is 0 Å². The molecule has 2 unspecified atom stereocenters. The van der Waals surface area contributed by atoms with Crippen LogP contribution in [0.15, 0.2) is 12.2 Å². The number of rotatable bonds is 6. The van der Waals surface area contributed by atoms with Gasteiger partial charge in [0.2, 0.25) is 5.91 Å². The molecule has 1 heterocycles. The second-order valence-corrected chi connectivity index (χ2v) is 4.54. The minimum Gasteiger partial charge on any atom is -0.375 e. The number of amides is 1. The van der Waals surface area contributed by atoms with Crippen molar-refractivity contribution in [1.29, 1.82) is 0 Å². The molecule has 0 aromatic rings. The minimum atomic E-state index is 0.112. The van der Waals surface area contributed by atoms with Gasteiger partial charge in [-0.15, -0.1) is 0 Å². The van der Waals surface area contributed by atoms with Gasteiger partial charge in [-0.1, -0.05) is 19.1 Å². The average Bonchev–Trinajstić information content (AvgIpc) is 2.63. The molecule has 0 spiro atoms. The van der Waals surface area contributed by atoms with Crippen LogP contribution in [0.5, 0.6) is 0 Å². The molecule has 92 valence electrons. The van der Waals surface area contributed by atoms with Crippen LogP contribution < -0.4 is 10.6 Å². The molecule has 0 aromatic carbocycles. The fraction of sp³-hybridized carbons (Fsp3) is 0.750. The number of carbonyl (C=O) groups excluding carboxylic acids is 1. The second kappa shape index (κ2) is 6.66. The summed E-state index contributed by atoms with van der Waals surface area (Å²) in [6.45, 7) is 11.2. The van der Waals surface area contributed by atoms with E-state index in [1.807, 2.05) is 6.92 Å². The van der Waals surface area contributed by atoms with Gasteiger partial charge in [-0.05, 0) is 19.4 Å². The summed E-state index contributed by atoms with van der Waals surface area (Å²) in [5.74, 6) is 0.675. The Labute approximate surface area is 97.4 Å². The number of hydrogen-bond acceptors (Lipinski definition) is 3. The summed E-state index contributed by atoms with van der Waals surface area (Å²) in [6, 6.07) is 0. The zero-order valence-electron chi connectivity index (χ0n) is 10.2. The quantitative estimate of drug-likeness (QED) is 0.514. The van der Waals surface area contributed by atoms with Crippen molar-refractivity contribution in [2.75, 3.05) is 32.8 Å². The Morgan fingerprint density at radius 3 is 2.88 bits per heavy atom. The summed E-state index contributed by atoms with van der Waals surface area (Å²) < 4.78 is 5.31. The Kier molecular flexibility index (Phi) is 5.49. The van der Waals surface area contributed by atoms with E-state index in [4.69, 9.17) is 4.74 Å². The SMILES string of the molecule is C=C(C)COCCNC(=O)C1CNCC1C. The number of nitrogens with one attached hydrogen (secondary N) is 2. The topological polar surface area (TPSA) is 50.4 Å². The van der Waals surface area contributed by atoms with Crippen molar-refractivity contribution in [3.8, 4) is 0 Å². The molecule has 0 bridgehead atoms. The van der Waals surface area contributed by atoms with Crippen molar-refractivity contribution >= 4 is 5.91 Å². The van der Waals surface area contributed by atoms with Crippen LogP contribution in [-0.4, -0.2) is 38.8 Å². The van der Waals surface area contributed by atoms with E-state index in [0.29, 0.717) is 25.7 Å². The molecular formula is C12H22N2O2. The Hall–Kier alpha value is -0.870. The highest BCUT2D eigenvalue weighted by molar-refractivity contribution is 5.79. The van der Waals surface area contributed by atoms with E-state index in [0.717, 1.165) is 18.7 Å². The van der Waals surface area contributed by atoms with Gasteiger partial charge in [0.05, 0.1) is 19.1 Å². The lowest BCUT2D eigenvalue weighted by Crippen LogP contribution is -2.36. The Balaban J connectivity index is 2.08. The zero-order chi connectivity index (χ0) is 12.0. The first kappa shape index (κ1) is 13.2. The van der Waals surface area contributed by atoms with Crippen LogP contribution in [0.2, 0.25) is 0 Å². The van der Waals surface area contributed by atoms with Crippen LogP contribution in [0.1, 0.15) is 13.8 Å². The standard InChI is InChI=1S/C12H22N2O2/c1-9(2)8-16-5-4-14-12(15)11-7-13-6-10(11)3/h10-11,13H,1,4-8H2,2-3H3,(H,14,15). The lowest BCUT2D eigenvalue weighted by atomic mass is 9.97. The van der Waals surface area contributed by atoms with Crippen LogP contribution in [0.4, 0.5) is 0 Å². The molecule has 1 saturated heterocycles. The van der Waals surface area contributed by atoms with Crippen molar-refractivity contribution in [3.05, 3.63) is 12.2 Å². The first-order valence-electron chi connectivity index (χ1n) is 5.82. The predicted octanol–water partition coefficient (Wildman–Crippen LogP) is 0.551. The summed E-state index contributed by atoms with van der Waals surface area (Å²) in [6.07, 6.45) is 0. The number of ether oxygens (including phenoxy) is 1. The molecular weight excluding hydrogens is 204 g/mol. The molecule has 0 aromatic heterocycles. The van der Waals surface area contributed by atoms with Gasteiger partial charge in [-0.25, -0.2) is 0 Å². The average molecular weight is 226 g/mol. The van der Waals surface area contributed by atoms with Crippen molar-refractivity contribution < 1.29 is 9.53 Å². The zero-order valence-corrected chi connectivity index (χ0v) is 10.2. The molecule has 0 radical (unpaired) electrons. The first-order chi connectivity index (χ1) is 7.61. The number of hydrogen-bond donors (Lipinski definition) is 2. The highest BCUT2D eigenvalue weighted by Crippen LogP contribution is 2.15. The molecule has 2 N–H and O–H groups in total. The molecule has 2 atom stereocenters. The predicted molar refractivity (Wildman–Crippen MR) is 64.2 cm³/mol. The highest BCUT2D eigenvalue weighted by Gasteiger charge is 2.28. The number of carbonyl (C=O) groups is 1. The summed E-state index contributed by atoms with van der Waals surface area (Å²) >= 11 is 0. The van der Waals surface area contributed by atoms with Crippen molar-refractivity contribution in [2.45, 2.75) is 13.8 Å². The fourth-order valence-corrected chi connectivity index (χ4v) is 1.78. The van der Waals surface area contributed by atoms with Gasteiger partial charge < -0.3 is 15.4 Å². The van der Waals surface area contributed by atoms with Crippen LogP contribution in [0, 0.1) is 11.8 Å². The molecule has 4 nitrogen and oxygen atoms in total. The van der Waals surface area contributed by atoms with E-state index in [9.17, 15) is 4.79 Å². The molecule has 1 amide bonds. The summed E-state index contributed by atoms with van der Waals surface area (Å²) in [5.41, 5.74) is 1.000. The summed E-state index contributed by atoms with van der Waals surface area (Å²) in [4.78, 5) is 11.7. The maximum Gasteiger partial charge on any atom is 0.224 e. The van der Waals surface area contributed by atoms with Gasteiger partial charge in [0, 0.05) is 13.1 Å². The van der Waals surface area contributed by atoms with Crippen LogP contribution >= 0.6 is 0 Å². The molecule has 1 aliphatic rings. The van der Waals surface area contributed by atoms with Crippen molar-refractivity contribution in [1.82, 2.24) is 10.6 Å². The van der Waals surface area contributed by atoms with Gasteiger partial charge in [0.25, 0.3) is 0 Å². The third-order valence-corrected chi connectivity index (χ3v) is 2.75. The monoisotopic (exact) mass is 226 g/mol. The first-order valence-corrected chi connectivity index (χ1v) is 5.82. The third kappa shape index (κ3) is 4.33. The van der Waals surface area contributed by atoms with Gasteiger partial charge >= 0.3 is 0 Å². The van der Waals surface area contributed by atoms with Gasteiger partial charge in [0.1, 0.15) is 0 Å². The smallest absolute Gasteiger partial charge is 0.224 e. The fourth-order valence-electron chi connectivity index (χ4n) is 1.78. The normalized spacial score (nSPS) is 24.4. The van der Waals surface area contributed by atoms with E-state index >= 15 is 0 Å². The maximum atomic E-state index is 11.7. The molecule has 1 fully saturated rings. The minimum absolute atomic E-state index is 0.112. The van der Waals surface area contributed by atoms with Crippen LogP contribution in [-0.2, 0) is 9.53 Å². The highest BCUT2D eigenvalue weighted by atomic mass is 16.5. The van der Waals surface area contributed by atoms with Crippen LogP contribution in [0.25, 0.3) is 0 Å². The Morgan fingerprint density at radius 2 is 2.31 bits per heavy atom. The Bertz CT molecular complexity index is 253. The van der Waals surface area contributed by atoms with E-state index < -0.39 is 0 Å². The molecule has 0 saturated carbocycles. The van der Waals surface area contributed by atoms with Gasteiger partial charge in [-0.3, -0.25) is 4.79 Å². The van der Waals surface area contributed by atoms with E-state index in [-0.39, 0.29) is 11.8 Å². The van der Waals surface area contributed by atoms with E-state index in [2.05, 4.69) is 24.1 Å². The largest absolute Gasteiger partial charge is 0.375 e. The second-order valence-electron chi connectivity index (χ2n) is 4.54. The summed E-state index contributed by atoms with van der Waals surface area (Å²) in [5, 5.41) is 6.11. The van der Waals surface area contributed by atoms with Crippen LogP contribution in [0.3, 0.4) is 0 Å². The lowest BCUT2D eigenvalue weighted by Gasteiger charge is -2.14. The molecule has 4 heteroatoms.